The summed E-state index contributed by atoms with van der Waals surface area (Å²) in [6.45, 7) is 2.09. The van der Waals surface area contributed by atoms with Crippen LogP contribution in [-0.2, 0) is 11.3 Å². The van der Waals surface area contributed by atoms with E-state index in [4.69, 9.17) is 14.2 Å². The van der Waals surface area contributed by atoms with Crippen LogP contribution < -0.4 is 19.5 Å². The molecule has 0 saturated heterocycles. The molecule has 0 aliphatic carbocycles. The first-order chi connectivity index (χ1) is 15.6. The molecule has 7 heteroatoms. The first-order valence-electron chi connectivity index (χ1n) is 10.2. The average molecular weight is 449 g/mol. The lowest BCUT2D eigenvalue weighted by Gasteiger charge is -2.15. The van der Waals surface area contributed by atoms with Gasteiger partial charge in [0.25, 0.3) is 5.91 Å². The number of benzene rings is 3. The molecule has 0 spiro atoms. The maximum Gasteiger partial charge on any atom is 0.261 e. The summed E-state index contributed by atoms with van der Waals surface area (Å²) in [5.74, 6) is 1.70. The smallest absolute Gasteiger partial charge is 0.261 e. The van der Waals surface area contributed by atoms with Gasteiger partial charge in [0.05, 0.1) is 24.4 Å². The first-order valence-corrected chi connectivity index (χ1v) is 11.0. The lowest BCUT2D eigenvalue weighted by molar-refractivity contribution is -0.127. The second-order valence-electron chi connectivity index (χ2n) is 7.18. The summed E-state index contributed by atoms with van der Waals surface area (Å²) >= 11 is 1.65. The monoisotopic (exact) mass is 448 g/mol. The van der Waals surface area contributed by atoms with Crippen molar-refractivity contribution in [2.75, 3.05) is 14.2 Å². The first kappa shape index (κ1) is 21.6. The highest BCUT2D eigenvalue weighted by atomic mass is 32.1. The van der Waals surface area contributed by atoms with Crippen LogP contribution in [0.25, 0.3) is 20.8 Å². The van der Waals surface area contributed by atoms with Crippen LogP contribution in [-0.4, -0.2) is 31.2 Å². The second kappa shape index (κ2) is 9.70. The third-order valence-corrected chi connectivity index (χ3v) is 6.08. The molecule has 1 heterocycles. The summed E-state index contributed by atoms with van der Waals surface area (Å²) in [5.41, 5.74) is 2.92. The van der Waals surface area contributed by atoms with Crippen molar-refractivity contribution in [3.05, 3.63) is 72.3 Å². The standard InChI is InChI=1S/C25H24N2O4S/c1-16(24(28)26-15-17-8-13-21(29-2)22(14-17)30-3)31-19-11-9-18(10-12-19)25-27-20-6-4-5-7-23(20)32-25/h4-14,16H,15H2,1-3H3,(H,26,28)/t16-/m1/s1. The predicted molar refractivity (Wildman–Crippen MR) is 127 cm³/mol. The molecule has 1 N–H and O–H groups in total. The normalized spacial score (nSPS) is 11.7. The lowest BCUT2D eigenvalue weighted by atomic mass is 10.2. The fourth-order valence-corrected chi connectivity index (χ4v) is 4.22. The van der Waals surface area contributed by atoms with Crippen LogP contribution in [0.4, 0.5) is 0 Å². The van der Waals surface area contributed by atoms with Gasteiger partial charge in [-0.15, -0.1) is 11.3 Å². The van der Waals surface area contributed by atoms with Crippen molar-refractivity contribution in [2.45, 2.75) is 19.6 Å². The molecule has 0 bridgehead atoms. The quantitative estimate of drug-likeness (QED) is 0.408. The van der Waals surface area contributed by atoms with E-state index in [-0.39, 0.29) is 5.91 Å². The fourth-order valence-electron chi connectivity index (χ4n) is 3.25. The Balaban J connectivity index is 1.35. The Morgan fingerprint density at radius 1 is 1.00 bits per heavy atom. The molecule has 32 heavy (non-hydrogen) atoms. The number of carbonyl (C=O) groups excluding carboxylic acids is 1. The van der Waals surface area contributed by atoms with E-state index in [1.807, 2.05) is 60.7 Å². The Hall–Kier alpha value is -3.58. The van der Waals surface area contributed by atoms with E-state index in [1.165, 1.54) is 0 Å². The van der Waals surface area contributed by atoms with Gasteiger partial charge in [-0.2, -0.15) is 0 Å². The van der Waals surface area contributed by atoms with Gasteiger partial charge in [0.15, 0.2) is 17.6 Å². The molecule has 1 aromatic heterocycles. The zero-order chi connectivity index (χ0) is 22.5. The number of rotatable bonds is 8. The predicted octanol–water partition coefficient (Wildman–Crippen LogP) is 5.06. The number of thiazole rings is 1. The summed E-state index contributed by atoms with van der Waals surface area (Å²) in [5, 5.41) is 3.85. The van der Waals surface area contributed by atoms with E-state index in [2.05, 4.69) is 16.4 Å². The molecule has 0 aliphatic heterocycles. The van der Waals surface area contributed by atoms with Gasteiger partial charge in [-0.25, -0.2) is 4.98 Å². The number of hydrogen-bond acceptors (Lipinski definition) is 6. The summed E-state index contributed by atoms with van der Waals surface area (Å²) < 4.78 is 17.5. The minimum atomic E-state index is -0.636. The zero-order valence-electron chi connectivity index (χ0n) is 18.1. The van der Waals surface area contributed by atoms with Crippen molar-refractivity contribution in [1.82, 2.24) is 10.3 Å². The van der Waals surface area contributed by atoms with E-state index >= 15 is 0 Å². The Morgan fingerprint density at radius 3 is 2.47 bits per heavy atom. The van der Waals surface area contributed by atoms with Gasteiger partial charge < -0.3 is 19.5 Å². The van der Waals surface area contributed by atoms with Crippen LogP contribution in [0.2, 0.25) is 0 Å². The molecule has 0 unspecified atom stereocenters. The number of amides is 1. The molecule has 0 fully saturated rings. The van der Waals surface area contributed by atoms with E-state index in [0.29, 0.717) is 23.8 Å². The maximum absolute atomic E-state index is 12.5. The minimum Gasteiger partial charge on any atom is -0.493 e. The number of para-hydroxylation sites is 1. The molecule has 164 valence electrons. The topological polar surface area (TPSA) is 69.7 Å². The SMILES string of the molecule is COc1ccc(CNC(=O)[C@@H](C)Oc2ccc(-c3nc4ccccc4s3)cc2)cc1OC. The van der Waals surface area contributed by atoms with Crippen molar-refractivity contribution >= 4 is 27.5 Å². The molecule has 4 aromatic rings. The average Bonchev–Trinajstić information content (AvgIpc) is 3.27. The minimum absolute atomic E-state index is 0.199. The highest BCUT2D eigenvalue weighted by molar-refractivity contribution is 7.21. The van der Waals surface area contributed by atoms with Crippen molar-refractivity contribution in [2.24, 2.45) is 0 Å². The van der Waals surface area contributed by atoms with Gasteiger partial charge in [0.1, 0.15) is 10.8 Å². The summed E-state index contributed by atoms with van der Waals surface area (Å²) in [7, 11) is 3.17. The molecular weight excluding hydrogens is 424 g/mol. The van der Waals surface area contributed by atoms with Crippen molar-refractivity contribution in [3.8, 4) is 27.8 Å². The third kappa shape index (κ3) is 4.84. The van der Waals surface area contributed by atoms with Crippen LogP contribution >= 0.6 is 11.3 Å². The van der Waals surface area contributed by atoms with Crippen LogP contribution in [0.3, 0.4) is 0 Å². The Bertz CT molecular complexity index is 1190. The molecule has 3 aromatic carbocycles. The molecule has 6 nitrogen and oxygen atoms in total. The maximum atomic E-state index is 12.5. The van der Waals surface area contributed by atoms with Crippen molar-refractivity contribution < 1.29 is 19.0 Å². The number of nitrogens with one attached hydrogen (secondary N) is 1. The Labute approximate surface area is 190 Å². The largest absolute Gasteiger partial charge is 0.493 e. The Morgan fingerprint density at radius 2 is 1.75 bits per heavy atom. The molecule has 0 radical (unpaired) electrons. The van der Waals surface area contributed by atoms with Crippen LogP contribution in [0, 0.1) is 0 Å². The number of nitrogens with zero attached hydrogens (tertiary/aromatic N) is 1. The number of methoxy groups -OCH3 is 2. The van der Waals surface area contributed by atoms with Crippen LogP contribution in [0.1, 0.15) is 12.5 Å². The highest BCUT2D eigenvalue weighted by Crippen LogP contribution is 2.31. The van der Waals surface area contributed by atoms with Crippen molar-refractivity contribution in [1.29, 1.82) is 0 Å². The number of aromatic nitrogens is 1. The summed E-state index contributed by atoms with van der Waals surface area (Å²) in [4.78, 5) is 17.2. The molecule has 0 aliphatic rings. The third-order valence-electron chi connectivity index (χ3n) is 4.99. The number of ether oxygens (including phenoxy) is 3. The molecular formula is C25H24N2O4S. The number of hydrogen-bond donors (Lipinski definition) is 1. The molecule has 1 amide bonds. The van der Waals surface area contributed by atoms with Gasteiger partial charge in [-0.05, 0) is 61.0 Å². The molecule has 4 rings (SSSR count). The van der Waals surface area contributed by atoms with E-state index in [0.717, 1.165) is 26.4 Å². The molecule has 1 atom stereocenters. The summed E-state index contributed by atoms with van der Waals surface area (Å²) in [6, 6.07) is 21.2. The zero-order valence-corrected chi connectivity index (χ0v) is 18.9. The number of fused-ring (bicyclic) bond motifs is 1. The van der Waals surface area contributed by atoms with Gasteiger partial charge in [-0.3, -0.25) is 4.79 Å². The van der Waals surface area contributed by atoms with E-state index < -0.39 is 6.10 Å². The Kier molecular flexibility index (Phi) is 6.56. The van der Waals surface area contributed by atoms with E-state index in [9.17, 15) is 4.79 Å². The number of carbonyl (C=O) groups is 1. The van der Waals surface area contributed by atoms with Crippen LogP contribution in [0.5, 0.6) is 17.2 Å². The highest BCUT2D eigenvalue weighted by Gasteiger charge is 2.15. The molecule has 0 saturated carbocycles. The van der Waals surface area contributed by atoms with Crippen LogP contribution in [0.15, 0.2) is 66.7 Å². The summed E-state index contributed by atoms with van der Waals surface area (Å²) in [6.07, 6.45) is -0.636. The van der Waals surface area contributed by atoms with Gasteiger partial charge in [-0.1, -0.05) is 18.2 Å². The van der Waals surface area contributed by atoms with Gasteiger partial charge in [0.2, 0.25) is 0 Å². The van der Waals surface area contributed by atoms with Gasteiger partial charge >= 0.3 is 0 Å². The van der Waals surface area contributed by atoms with E-state index in [1.54, 1.807) is 32.5 Å². The van der Waals surface area contributed by atoms with Gasteiger partial charge in [0, 0.05) is 12.1 Å². The van der Waals surface area contributed by atoms with Crippen molar-refractivity contribution in [3.63, 3.8) is 0 Å². The fraction of sp³-hybridized carbons (Fsp3) is 0.200. The second-order valence-corrected chi connectivity index (χ2v) is 8.21. The lowest BCUT2D eigenvalue weighted by Crippen LogP contribution is -2.35.